The summed E-state index contributed by atoms with van der Waals surface area (Å²) in [6.07, 6.45) is 3.19. The van der Waals surface area contributed by atoms with Crippen LogP contribution < -0.4 is 5.32 Å². The number of nitrogens with one attached hydrogen (secondary N) is 2. The van der Waals surface area contributed by atoms with Gasteiger partial charge in [0.05, 0.1) is 17.5 Å². The molecule has 2 N–H and O–H groups in total. The molecule has 3 aromatic rings. The molecule has 7 heteroatoms. The molecule has 150 valence electrons. The van der Waals surface area contributed by atoms with Crippen LogP contribution in [0.1, 0.15) is 28.9 Å². The van der Waals surface area contributed by atoms with Crippen LogP contribution in [0.2, 0.25) is 5.02 Å². The average Bonchev–Trinajstić information content (AvgIpc) is 3.05. The van der Waals surface area contributed by atoms with Crippen molar-refractivity contribution >= 4 is 40.0 Å². The van der Waals surface area contributed by atoms with E-state index < -0.39 is 0 Å². The highest BCUT2D eigenvalue weighted by atomic mass is 35.5. The van der Waals surface area contributed by atoms with E-state index in [0.29, 0.717) is 23.9 Å². The maximum Gasteiger partial charge on any atom is 0.229 e. The number of benzene rings is 1. The Labute approximate surface area is 174 Å². The van der Waals surface area contributed by atoms with Crippen LogP contribution in [0.25, 0.3) is 10.9 Å². The molecule has 3 heterocycles. The topological polar surface area (TPSA) is 78.1 Å². The summed E-state index contributed by atoms with van der Waals surface area (Å²) in [5.41, 5.74) is 2.61. The van der Waals surface area contributed by atoms with Crippen LogP contribution in [0.15, 0.2) is 42.6 Å². The Hall–Kier alpha value is -2.70. The van der Waals surface area contributed by atoms with Crippen LogP contribution >= 0.6 is 11.6 Å². The van der Waals surface area contributed by atoms with Gasteiger partial charge in [0.1, 0.15) is 5.82 Å². The maximum absolute atomic E-state index is 13.0. The fraction of sp³-hybridized carbons (Fsp3) is 0.318. The van der Waals surface area contributed by atoms with Crippen LogP contribution in [0, 0.1) is 12.8 Å². The molecule has 1 unspecified atom stereocenters. The molecule has 1 fully saturated rings. The first-order chi connectivity index (χ1) is 14.0. The number of carbonyl (C=O) groups excluding carboxylic acids is 2. The molecule has 29 heavy (non-hydrogen) atoms. The normalized spacial score (nSPS) is 17.4. The first-order valence-electron chi connectivity index (χ1n) is 9.76. The van der Waals surface area contributed by atoms with E-state index in [2.05, 4.69) is 20.2 Å². The Balaban J connectivity index is 1.41. The number of piperidine rings is 1. The van der Waals surface area contributed by atoms with Crippen LogP contribution in [-0.4, -0.2) is 46.2 Å². The molecule has 0 radical (unpaired) electrons. The minimum Gasteiger partial charge on any atom is -0.358 e. The summed E-state index contributed by atoms with van der Waals surface area (Å²) in [5, 5.41) is 4.33. The Bertz CT molecular complexity index is 1040. The van der Waals surface area contributed by atoms with Crippen molar-refractivity contribution in [2.24, 2.45) is 5.92 Å². The molecule has 0 spiro atoms. The van der Waals surface area contributed by atoms with Crippen molar-refractivity contribution in [1.29, 1.82) is 0 Å². The summed E-state index contributed by atoms with van der Waals surface area (Å²) in [7, 11) is 0. The first-order valence-corrected chi connectivity index (χ1v) is 10.1. The molecule has 1 amide bonds. The number of Topliss-reactive ketones (excluding diaryl/α,β-unsaturated/α-hetero) is 1. The second kappa shape index (κ2) is 8.35. The summed E-state index contributed by atoms with van der Waals surface area (Å²) in [5.74, 6) is 0.334. The lowest BCUT2D eigenvalue weighted by Gasteiger charge is -2.31. The number of aromatic nitrogens is 2. The van der Waals surface area contributed by atoms with Crippen molar-refractivity contribution in [3.8, 4) is 0 Å². The van der Waals surface area contributed by atoms with Gasteiger partial charge in [0.25, 0.3) is 0 Å². The van der Waals surface area contributed by atoms with Gasteiger partial charge in [-0.3, -0.25) is 14.5 Å². The van der Waals surface area contributed by atoms with Gasteiger partial charge in [-0.05, 0) is 44.5 Å². The van der Waals surface area contributed by atoms with Gasteiger partial charge in [0, 0.05) is 34.9 Å². The van der Waals surface area contributed by atoms with Crippen LogP contribution in [-0.2, 0) is 4.79 Å². The van der Waals surface area contributed by atoms with Crippen LogP contribution in [0.3, 0.4) is 0 Å². The maximum atomic E-state index is 13.0. The van der Waals surface area contributed by atoms with Gasteiger partial charge in [-0.2, -0.15) is 0 Å². The summed E-state index contributed by atoms with van der Waals surface area (Å²) in [6.45, 7) is 3.62. The highest BCUT2D eigenvalue weighted by Crippen LogP contribution is 2.24. The molecule has 1 atom stereocenters. The number of para-hydroxylation sites is 1. The molecule has 1 saturated heterocycles. The van der Waals surface area contributed by atoms with Gasteiger partial charge in [-0.15, -0.1) is 0 Å². The van der Waals surface area contributed by atoms with E-state index in [9.17, 15) is 9.59 Å². The lowest BCUT2D eigenvalue weighted by molar-refractivity contribution is -0.121. The van der Waals surface area contributed by atoms with E-state index in [1.807, 2.05) is 31.2 Å². The van der Waals surface area contributed by atoms with Crippen molar-refractivity contribution < 1.29 is 9.59 Å². The zero-order chi connectivity index (χ0) is 20.4. The fourth-order valence-electron chi connectivity index (χ4n) is 4.01. The highest BCUT2D eigenvalue weighted by molar-refractivity contribution is 6.30. The predicted molar refractivity (Wildman–Crippen MR) is 114 cm³/mol. The molecule has 6 nitrogen and oxygen atoms in total. The van der Waals surface area contributed by atoms with Gasteiger partial charge in [0.15, 0.2) is 5.78 Å². The standard InChI is InChI=1S/C22H23ClN4O2/c1-14-21(17-6-2-3-7-18(17)25-14)19(28)13-27-10-4-5-15(12-27)22(29)26-20-9-8-16(23)11-24-20/h2-3,6-9,11,15,25H,4-5,10,12-13H2,1H3,(H,24,26,29). The number of ketones is 1. The minimum atomic E-state index is -0.168. The number of hydrogen-bond donors (Lipinski definition) is 2. The number of amides is 1. The number of nitrogens with zero attached hydrogens (tertiary/aromatic N) is 2. The number of pyridine rings is 1. The van der Waals surface area contributed by atoms with E-state index in [1.165, 1.54) is 6.20 Å². The Morgan fingerprint density at radius 1 is 1.28 bits per heavy atom. The number of likely N-dealkylation sites (tertiary alicyclic amines) is 1. The number of anilines is 1. The largest absolute Gasteiger partial charge is 0.358 e. The Morgan fingerprint density at radius 2 is 2.10 bits per heavy atom. The molecule has 0 aliphatic carbocycles. The molecule has 2 aromatic heterocycles. The zero-order valence-electron chi connectivity index (χ0n) is 16.2. The highest BCUT2D eigenvalue weighted by Gasteiger charge is 2.28. The average molecular weight is 411 g/mol. The van der Waals surface area contributed by atoms with E-state index in [-0.39, 0.29) is 17.6 Å². The third-order valence-corrected chi connectivity index (χ3v) is 5.62. The SMILES string of the molecule is Cc1[nH]c2ccccc2c1C(=O)CN1CCCC(C(=O)Nc2ccc(Cl)cn2)C1. The zero-order valence-corrected chi connectivity index (χ0v) is 17.0. The molecular formula is C22H23ClN4O2. The monoisotopic (exact) mass is 410 g/mol. The van der Waals surface area contributed by atoms with E-state index in [1.54, 1.807) is 12.1 Å². The van der Waals surface area contributed by atoms with Crippen molar-refractivity contribution in [2.45, 2.75) is 19.8 Å². The molecule has 1 aliphatic rings. The van der Waals surface area contributed by atoms with Gasteiger partial charge in [-0.1, -0.05) is 29.8 Å². The predicted octanol–water partition coefficient (Wildman–Crippen LogP) is 4.06. The molecule has 1 aliphatic heterocycles. The number of H-pyrrole nitrogens is 1. The number of hydrogen-bond acceptors (Lipinski definition) is 4. The summed E-state index contributed by atoms with van der Waals surface area (Å²) >= 11 is 5.84. The van der Waals surface area contributed by atoms with Crippen LogP contribution in [0.4, 0.5) is 5.82 Å². The van der Waals surface area contributed by atoms with Crippen molar-refractivity contribution in [1.82, 2.24) is 14.9 Å². The summed E-state index contributed by atoms with van der Waals surface area (Å²) in [4.78, 5) is 35.1. The van der Waals surface area contributed by atoms with E-state index >= 15 is 0 Å². The number of aromatic amines is 1. The number of halogens is 1. The second-order valence-corrected chi connectivity index (χ2v) is 7.96. The summed E-state index contributed by atoms with van der Waals surface area (Å²) < 4.78 is 0. The van der Waals surface area contributed by atoms with E-state index in [4.69, 9.17) is 11.6 Å². The van der Waals surface area contributed by atoms with Gasteiger partial charge < -0.3 is 10.3 Å². The Morgan fingerprint density at radius 3 is 2.90 bits per heavy atom. The second-order valence-electron chi connectivity index (χ2n) is 7.52. The quantitative estimate of drug-likeness (QED) is 0.622. The molecule has 1 aromatic carbocycles. The molecule has 0 saturated carbocycles. The number of carbonyl (C=O) groups is 2. The van der Waals surface area contributed by atoms with Gasteiger partial charge in [0.2, 0.25) is 5.91 Å². The molecule has 0 bridgehead atoms. The number of aryl methyl sites for hydroxylation is 1. The summed E-state index contributed by atoms with van der Waals surface area (Å²) in [6, 6.07) is 11.2. The third-order valence-electron chi connectivity index (χ3n) is 5.39. The third kappa shape index (κ3) is 4.33. The van der Waals surface area contributed by atoms with Crippen molar-refractivity contribution in [2.75, 3.05) is 25.0 Å². The lowest BCUT2D eigenvalue weighted by Crippen LogP contribution is -2.43. The number of rotatable bonds is 5. The Kier molecular flexibility index (Phi) is 5.65. The first kappa shape index (κ1) is 19.6. The number of fused-ring (bicyclic) bond motifs is 1. The van der Waals surface area contributed by atoms with Crippen molar-refractivity contribution in [3.63, 3.8) is 0 Å². The smallest absolute Gasteiger partial charge is 0.229 e. The lowest BCUT2D eigenvalue weighted by atomic mass is 9.96. The van der Waals surface area contributed by atoms with Gasteiger partial charge in [-0.25, -0.2) is 4.98 Å². The van der Waals surface area contributed by atoms with Crippen molar-refractivity contribution in [3.05, 3.63) is 58.9 Å². The molecule has 4 rings (SSSR count). The van der Waals surface area contributed by atoms with Gasteiger partial charge >= 0.3 is 0 Å². The minimum absolute atomic E-state index is 0.0692. The van der Waals surface area contributed by atoms with E-state index in [0.717, 1.165) is 41.5 Å². The van der Waals surface area contributed by atoms with Crippen LogP contribution in [0.5, 0.6) is 0 Å². The fourth-order valence-corrected chi connectivity index (χ4v) is 4.12. The molecular weight excluding hydrogens is 388 g/mol.